The van der Waals surface area contributed by atoms with E-state index >= 15 is 0 Å². The van der Waals surface area contributed by atoms with Crippen LogP contribution in [0.2, 0.25) is 0 Å². The molecular formula is C15H17NO7S2. The van der Waals surface area contributed by atoms with Gasteiger partial charge in [0.1, 0.15) is 5.75 Å². The fraction of sp³-hybridized carbons (Fsp3) is 0.200. The highest BCUT2D eigenvalue weighted by molar-refractivity contribution is 7.86. The highest BCUT2D eigenvalue weighted by atomic mass is 32.2. The molecular weight excluding hydrogens is 370 g/mol. The van der Waals surface area contributed by atoms with Crippen LogP contribution in [0.25, 0.3) is 0 Å². The Balaban J connectivity index is 2.53. The number of phenolic OH excluding ortho intramolecular Hbond substituents is 1. The largest absolute Gasteiger partial charge is 0.508 e. The first-order valence-electron chi connectivity index (χ1n) is 6.96. The molecule has 0 saturated carbocycles. The maximum absolute atomic E-state index is 11.6. The van der Waals surface area contributed by atoms with E-state index in [0.29, 0.717) is 11.6 Å². The summed E-state index contributed by atoms with van der Waals surface area (Å²) in [4.78, 5) is 0.461. The highest BCUT2D eigenvalue weighted by Crippen LogP contribution is 2.29. The average molecular weight is 387 g/mol. The first-order chi connectivity index (χ1) is 11.4. The molecule has 2 aromatic carbocycles. The highest BCUT2D eigenvalue weighted by Gasteiger charge is 2.21. The van der Waals surface area contributed by atoms with Crippen LogP contribution in [-0.4, -0.2) is 45.1 Å². The molecule has 8 nitrogen and oxygen atoms in total. The number of nitrogens with zero attached hydrogens (tertiary/aromatic N) is 1. The summed E-state index contributed by atoms with van der Waals surface area (Å²) < 4.78 is 63.9. The van der Waals surface area contributed by atoms with Gasteiger partial charge < -0.3 is 10.0 Å². The summed E-state index contributed by atoms with van der Waals surface area (Å²) in [7, 11) is -5.78. The Morgan fingerprint density at radius 2 is 1.48 bits per heavy atom. The molecule has 0 fully saturated rings. The normalized spacial score (nSPS) is 12.2. The summed E-state index contributed by atoms with van der Waals surface area (Å²) in [6.45, 7) is 0. The minimum atomic E-state index is -4.74. The van der Waals surface area contributed by atoms with Gasteiger partial charge in [0.2, 0.25) is 0 Å². The second kappa shape index (κ2) is 6.64. The lowest BCUT2D eigenvalue weighted by molar-refractivity contribution is 0.468. The van der Waals surface area contributed by atoms with Gasteiger partial charge in [0.25, 0.3) is 20.2 Å². The van der Waals surface area contributed by atoms with Gasteiger partial charge in [-0.2, -0.15) is 16.8 Å². The van der Waals surface area contributed by atoms with E-state index in [0.717, 1.165) is 17.8 Å². The minimum absolute atomic E-state index is 0.0690. The van der Waals surface area contributed by atoms with Crippen molar-refractivity contribution in [3.8, 4) is 5.75 Å². The first-order valence-corrected chi connectivity index (χ1v) is 9.85. The lowest BCUT2D eigenvalue weighted by atomic mass is 10.0. The molecule has 2 rings (SSSR count). The van der Waals surface area contributed by atoms with Crippen LogP contribution in [0.15, 0.2) is 46.2 Å². The van der Waals surface area contributed by atoms with Crippen molar-refractivity contribution in [2.24, 2.45) is 0 Å². The second-order valence-corrected chi connectivity index (χ2v) is 8.42. The molecule has 10 heteroatoms. The average Bonchev–Trinajstić information content (AvgIpc) is 2.47. The van der Waals surface area contributed by atoms with Gasteiger partial charge in [-0.3, -0.25) is 9.11 Å². The van der Waals surface area contributed by atoms with E-state index in [4.69, 9.17) is 4.55 Å². The summed E-state index contributed by atoms with van der Waals surface area (Å²) in [5.74, 6) is -0.0775. The predicted molar refractivity (Wildman–Crippen MR) is 91.3 cm³/mol. The number of hydrogen-bond acceptors (Lipinski definition) is 6. The number of phenols is 1. The molecule has 0 aromatic heterocycles. The Morgan fingerprint density at radius 1 is 0.880 bits per heavy atom. The number of anilines is 1. The van der Waals surface area contributed by atoms with Gasteiger partial charge in [-0.15, -0.1) is 0 Å². The van der Waals surface area contributed by atoms with Gasteiger partial charge in [0.05, 0.1) is 9.79 Å². The molecule has 3 N–H and O–H groups in total. The Kier molecular flexibility index (Phi) is 5.09. The van der Waals surface area contributed by atoms with Gasteiger partial charge in [-0.1, -0.05) is 12.1 Å². The van der Waals surface area contributed by atoms with Crippen LogP contribution < -0.4 is 4.90 Å². The number of aromatic hydroxyl groups is 1. The molecule has 0 spiro atoms. The Hall–Kier alpha value is -2.14. The number of hydrogen-bond donors (Lipinski definition) is 3. The fourth-order valence-electron chi connectivity index (χ4n) is 2.27. The van der Waals surface area contributed by atoms with E-state index in [-0.39, 0.29) is 17.7 Å². The van der Waals surface area contributed by atoms with Crippen molar-refractivity contribution in [3.05, 3.63) is 47.5 Å². The summed E-state index contributed by atoms with van der Waals surface area (Å²) in [6.07, 6.45) is -0.0690. The fourth-order valence-corrected chi connectivity index (χ4v) is 3.60. The van der Waals surface area contributed by atoms with Gasteiger partial charge in [-0.25, -0.2) is 0 Å². The third kappa shape index (κ3) is 4.48. The quantitative estimate of drug-likeness (QED) is 0.658. The standard InChI is InChI=1S/C15H17NO7S2/c1-16(2)12-5-3-10(14(17)8-12)7-11-4-6-13(24(18,19)20)9-15(11)25(21,22)23/h3-6,8-9,17H,7H2,1-2H3,(H,18,19,20)(H,21,22,23). The molecule has 0 aliphatic rings. The molecule has 0 saturated heterocycles. The van der Waals surface area contributed by atoms with Crippen molar-refractivity contribution >= 4 is 25.9 Å². The Bertz CT molecular complexity index is 1010. The maximum Gasteiger partial charge on any atom is 0.294 e. The maximum atomic E-state index is 11.6. The van der Waals surface area contributed by atoms with Crippen molar-refractivity contribution in [1.82, 2.24) is 0 Å². The van der Waals surface area contributed by atoms with Crippen LogP contribution in [0, 0.1) is 0 Å². The molecule has 0 heterocycles. The van der Waals surface area contributed by atoms with Crippen LogP contribution in [0.3, 0.4) is 0 Å². The van der Waals surface area contributed by atoms with Gasteiger partial charge in [-0.05, 0) is 29.3 Å². The van der Waals surface area contributed by atoms with Crippen molar-refractivity contribution in [2.45, 2.75) is 16.2 Å². The molecule has 0 aliphatic carbocycles. The van der Waals surface area contributed by atoms with Crippen LogP contribution in [0.5, 0.6) is 5.75 Å². The molecule has 25 heavy (non-hydrogen) atoms. The third-order valence-electron chi connectivity index (χ3n) is 3.58. The molecule has 0 amide bonds. The lowest BCUT2D eigenvalue weighted by Crippen LogP contribution is -2.09. The van der Waals surface area contributed by atoms with Crippen LogP contribution in [0.1, 0.15) is 11.1 Å². The molecule has 2 aromatic rings. The molecule has 0 atom stereocenters. The van der Waals surface area contributed by atoms with Gasteiger partial charge in [0.15, 0.2) is 0 Å². The van der Waals surface area contributed by atoms with E-state index < -0.39 is 30.0 Å². The van der Waals surface area contributed by atoms with Crippen molar-refractivity contribution < 1.29 is 31.0 Å². The van der Waals surface area contributed by atoms with E-state index in [1.165, 1.54) is 6.07 Å². The number of benzene rings is 2. The first kappa shape index (κ1) is 19.2. The van der Waals surface area contributed by atoms with Crippen molar-refractivity contribution in [2.75, 3.05) is 19.0 Å². The van der Waals surface area contributed by atoms with E-state index in [2.05, 4.69) is 0 Å². The molecule has 0 aliphatic heterocycles. The second-order valence-electron chi connectivity index (χ2n) is 5.60. The third-order valence-corrected chi connectivity index (χ3v) is 5.37. The summed E-state index contributed by atoms with van der Waals surface area (Å²) in [5.41, 5.74) is 1.19. The van der Waals surface area contributed by atoms with Gasteiger partial charge >= 0.3 is 0 Å². The summed E-state index contributed by atoms with van der Waals surface area (Å²) in [6, 6.07) is 7.65. The van der Waals surface area contributed by atoms with Gasteiger partial charge in [0, 0.05) is 32.3 Å². The predicted octanol–water partition coefficient (Wildman–Crippen LogP) is 1.54. The Labute approximate surface area is 145 Å². The molecule has 0 bridgehead atoms. The topological polar surface area (TPSA) is 132 Å². The molecule has 136 valence electrons. The van der Waals surface area contributed by atoms with Crippen LogP contribution >= 0.6 is 0 Å². The smallest absolute Gasteiger partial charge is 0.294 e. The molecule has 0 unspecified atom stereocenters. The van der Waals surface area contributed by atoms with E-state index in [9.17, 15) is 26.5 Å². The van der Waals surface area contributed by atoms with Crippen molar-refractivity contribution in [1.29, 1.82) is 0 Å². The van der Waals surface area contributed by atoms with E-state index in [1.54, 1.807) is 31.1 Å². The Morgan fingerprint density at radius 3 is 1.96 bits per heavy atom. The minimum Gasteiger partial charge on any atom is -0.508 e. The van der Waals surface area contributed by atoms with E-state index in [1.807, 2.05) is 0 Å². The summed E-state index contributed by atoms with van der Waals surface area (Å²) >= 11 is 0. The zero-order chi connectivity index (χ0) is 19.0. The lowest BCUT2D eigenvalue weighted by Gasteiger charge is -2.15. The number of rotatable bonds is 5. The zero-order valence-electron chi connectivity index (χ0n) is 13.4. The zero-order valence-corrected chi connectivity index (χ0v) is 15.0. The van der Waals surface area contributed by atoms with Crippen LogP contribution in [0.4, 0.5) is 5.69 Å². The SMILES string of the molecule is CN(C)c1ccc(Cc2ccc(S(=O)(=O)O)cc2S(=O)(=O)O)c(O)c1. The monoisotopic (exact) mass is 387 g/mol. The van der Waals surface area contributed by atoms with Crippen LogP contribution in [-0.2, 0) is 26.7 Å². The molecule has 0 radical (unpaired) electrons. The summed E-state index contributed by atoms with van der Waals surface area (Å²) in [5, 5.41) is 10.1. The van der Waals surface area contributed by atoms with Crippen molar-refractivity contribution in [3.63, 3.8) is 0 Å².